The third-order valence-electron chi connectivity index (χ3n) is 6.28. The van der Waals surface area contributed by atoms with Crippen molar-refractivity contribution in [3.63, 3.8) is 0 Å². The highest BCUT2D eigenvalue weighted by Gasteiger charge is 2.37. The van der Waals surface area contributed by atoms with Crippen molar-refractivity contribution >= 4 is 17.6 Å². The average molecular weight is 394 g/mol. The molecule has 0 saturated heterocycles. The molecule has 0 fully saturated rings. The van der Waals surface area contributed by atoms with Gasteiger partial charge in [-0.15, -0.1) is 0 Å². The van der Waals surface area contributed by atoms with Crippen LogP contribution in [0.2, 0.25) is 0 Å². The highest BCUT2D eigenvalue weighted by molar-refractivity contribution is 5.83. The number of allylic oxidation sites excluding steroid dienone is 2. The molecular formula is C26H22N2O2. The Morgan fingerprint density at radius 1 is 0.933 bits per heavy atom. The Bertz CT molecular complexity index is 1150. The molecule has 4 nitrogen and oxygen atoms in total. The Morgan fingerprint density at radius 2 is 1.80 bits per heavy atom. The van der Waals surface area contributed by atoms with Gasteiger partial charge in [-0.1, -0.05) is 42.5 Å². The number of hydrogen-bond acceptors (Lipinski definition) is 4. The van der Waals surface area contributed by atoms with Crippen molar-refractivity contribution in [2.75, 3.05) is 12.1 Å². The number of anilines is 1. The predicted octanol–water partition coefficient (Wildman–Crippen LogP) is 5.99. The molecule has 0 bridgehead atoms. The van der Waals surface area contributed by atoms with Crippen molar-refractivity contribution in [3.05, 3.63) is 95.6 Å². The van der Waals surface area contributed by atoms with E-state index in [-0.39, 0.29) is 6.79 Å². The minimum Gasteiger partial charge on any atom is -0.454 e. The molecule has 0 spiro atoms. The van der Waals surface area contributed by atoms with Gasteiger partial charge in [-0.3, -0.25) is 4.99 Å². The smallest absolute Gasteiger partial charge is 0.231 e. The van der Waals surface area contributed by atoms with Crippen LogP contribution in [0.5, 0.6) is 11.5 Å². The lowest BCUT2D eigenvalue weighted by molar-refractivity contribution is 0.174. The lowest BCUT2D eigenvalue weighted by Gasteiger charge is -2.37. The molecule has 4 heteroatoms. The van der Waals surface area contributed by atoms with E-state index in [1.807, 2.05) is 24.4 Å². The second-order valence-corrected chi connectivity index (χ2v) is 8.03. The molecule has 0 radical (unpaired) electrons. The van der Waals surface area contributed by atoms with E-state index >= 15 is 0 Å². The van der Waals surface area contributed by atoms with E-state index in [1.165, 1.54) is 16.8 Å². The first-order valence-corrected chi connectivity index (χ1v) is 10.4. The van der Waals surface area contributed by atoms with Crippen LogP contribution in [-0.2, 0) is 0 Å². The summed E-state index contributed by atoms with van der Waals surface area (Å²) in [6, 6.07) is 23.5. The molecule has 2 aliphatic heterocycles. The fraction of sp³-hybridized carbons (Fsp3) is 0.192. The summed E-state index contributed by atoms with van der Waals surface area (Å²) in [4.78, 5) is 4.64. The summed E-state index contributed by atoms with van der Waals surface area (Å²) in [7, 11) is 0. The molecule has 3 atom stereocenters. The van der Waals surface area contributed by atoms with Gasteiger partial charge in [0.05, 0.1) is 11.7 Å². The highest BCUT2D eigenvalue weighted by Crippen LogP contribution is 2.49. The monoisotopic (exact) mass is 394 g/mol. The van der Waals surface area contributed by atoms with Crippen molar-refractivity contribution in [2.45, 2.75) is 18.4 Å². The van der Waals surface area contributed by atoms with Crippen molar-refractivity contribution in [2.24, 2.45) is 10.9 Å². The zero-order valence-electron chi connectivity index (χ0n) is 16.5. The molecule has 0 aromatic heterocycles. The van der Waals surface area contributed by atoms with Gasteiger partial charge >= 0.3 is 0 Å². The third kappa shape index (κ3) is 2.96. The topological polar surface area (TPSA) is 42.9 Å². The van der Waals surface area contributed by atoms with Crippen molar-refractivity contribution in [1.29, 1.82) is 0 Å². The first kappa shape index (κ1) is 17.3. The first-order valence-electron chi connectivity index (χ1n) is 10.4. The van der Waals surface area contributed by atoms with Crippen LogP contribution < -0.4 is 14.8 Å². The Balaban J connectivity index is 1.23. The van der Waals surface area contributed by atoms with Crippen LogP contribution in [0.15, 0.2) is 83.9 Å². The number of benzene rings is 3. The second-order valence-electron chi connectivity index (χ2n) is 8.03. The summed E-state index contributed by atoms with van der Waals surface area (Å²) < 4.78 is 10.8. The van der Waals surface area contributed by atoms with Crippen molar-refractivity contribution in [1.82, 2.24) is 0 Å². The maximum atomic E-state index is 5.44. The summed E-state index contributed by atoms with van der Waals surface area (Å²) in [5.74, 6) is 2.62. The van der Waals surface area contributed by atoms with Gasteiger partial charge in [0.15, 0.2) is 11.5 Å². The quantitative estimate of drug-likeness (QED) is 0.438. The van der Waals surface area contributed by atoms with E-state index in [9.17, 15) is 0 Å². The van der Waals surface area contributed by atoms with Crippen LogP contribution in [0.25, 0.3) is 0 Å². The molecule has 0 saturated carbocycles. The average Bonchev–Trinajstić information content (AvgIpc) is 3.47. The Kier molecular flexibility index (Phi) is 4.08. The molecule has 1 aliphatic carbocycles. The molecule has 6 rings (SSSR count). The SMILES string of the molecule is C1=C[C@@H]2c3ccccc3N[C@@H](c3ccc(N=Cc4ccc5c(c4)OCO5)cc3)[C@@H]2C1. The fourth-order valence-corrected chi connectivity index (χ4v) is 4.78. The zero-order chi connectivity index (χ0) is 19.9. The van der Waals surface area contributed by atoms with Gasteiger partial charge in [0.25, 0.3) is 0 Å². The molecule has 2 heterocycles. The Hall–Kier alpha value is -3.53. The predicted molar refractivity (Wildman–Crippen MR) is 119 cm³/mol. The molecule has 0 unspecified atom stereocenters. The minimum absolute atomic E-state index is 0.286. The number of nitrogens with zero attached hydrogens (tertiary/aromatic N) is 1. The van der Waals surface area contributed by atoms with Crippen LogP contribution in [0.3, 0.4) is 0 Å². The number of para-hydroxylation sites is 1. The lowest BCUT2D eigenvalue weighted by atomic mass is 9.77. The third-order valence-corrected chi connectivity index (χ3v) is 6.28. The number of ether oxygens (including phenoxy) is 2. The number of nitrogens with one attached hydrogen (secondary N) is 1. The van der Waals surface area contributed by atoms with Crippen molar-refractivity contribution in [3.8, 4) is 11.5 Å². The highest BCUT2D eigenvalue weighted by atomic mass is 16.7. The Labute approximate surface area is 175 Å². The van der Waals surface area contributed by atoms with E-state index in [1.54, 1.807) is 0 Å². The van der Waals surface area contributed by atoms with Crippen LogP contribution in [0.1, 0.15) is 35.1 Å². The van der Waals surface area contributed by atoms with Crippen LogP contribution in [-0.4, -0.2) is 13.0 Å². The Morgan fingerprint density at radius 3 is 2.73 bits per heavy atom. The number of rotatable bonds is 3. The fourth-order valence-electron chi connectivity index (χ4n) is 4.78. The molecular weight excluding hydrogens is 372 g/mol. The summed E-state index contributed by atoms with van der Waals surface area (Å²) >= 11 is 0. The lowest BCUT2D eigenvalue weighted by Crippen LogP contribution is -2.28. The molecule has 3 aliphatic rings. The van der Waals surface area contributed by atoms with Gasteiger partial charge in [0.2, 0.25) is 6.79 Å². The van der Waals surface area contributed by atoms with E-state index in [2.05, 4.69) is 71.0 Å². The van der Waals surface area contributed by atoms with E-state index < -0.39 is 0 Å². The summed E-state index contributed by atoms with van der Waals surface area (Å²) in [5.41, 5.74) is 5.91. The standard InChI is InChI=1S/C26H22N2O2/c1-2-7-23-21(4-1)20-5-3-6-22(20)26(28-23)18-9-11-19(12-10-18)27-15-17-8-13-24-25(14-17)30-16-29-24/h1-5,7-15,20,22,26,28H,6,16H2/t20-,22-,26+/m1/s1. The van der Waals surface area contributed by atoms with Crippen LogP contribution >= 0.6 is 0 Å². The maximum Gasteiger partial charge on any atom is 0.231 e. The van der Waals surface area contributed by atoms with Gasteiger partial charge in [-0.25, -0.2) is 0 Å². The van der Waals surface area contributed by atoms with Gasteiger partial charge in [0.1, 0.15) is 0 Å². The van der Waals surface area contributed by atoms with Crippen LogP contribution in [0, 0.1) is 5.92 Å². The molecule has 3 aromatic rings. The van der Waals surface area contributed by atoms with Gasteiger partial charge in [-0.05, 0) is 65.4 Å². The second kappa shape index (κ2) is 7.06. The van der Waals surface area contributed by atoms with Gasteiger partial charge < -0.3 is 14.8 Å². The largest absolute Gasteiger partial charge is 0.454 e. The molecule has 148 valence electrons. The number of hydrogen-bond donors (Lipinski definition) is 1. The maximum absolute atomic E-state index is 5.44. The molecule has 3 aromatic carbocycles. The van der Waals surface area contributed by atoms with Gasteiger partial charge in [0, 0.05) is 17.8 Å². The molecule has 1 N–H and O–H groups in total. The molecule has 30 heavy (non-hydrogen) atoms. The summed E-state index contributed by atoms with van der Waals surface area (Å²) in [6.45, 7) is 0.286. The molecule has 0 amide bonds. The minimum atomic E-state index is 0.286. The van der Waals surface area contributed by atoms with Crippen molar-refractivity contribution < 1.29 is 9.47 Å². The number of aliphatic imine (C=N–C) groups is 1. The van der Waals surface area contributed by atoms with E-state index in [4.69, 9.17) is 9.47 Å². The first-order chi connectivity index (χ1) is 14.8. The zero-order valence-corrected chi connectivity index (χ0v) is 16.5. The summed E-state index contributed by atoms with van der Waals surface area (Å²) in [5, 5.41) is 3.78. The summed E-state index contributed by atoms with van der Waals surface area (Å²) in [6.07, 6.45) is 7.68. The van der Waals surface area contributed by atoms with Gasteiger partial charge in [-0.2, -0.15) is 0 Å². The van der Waals surface area contributed by atoms with E-state index in [0.717, 1.165) is 29.2 Å². The van der Waals surface area contributed by atoms with Crippen LogP contribution in [0.4, 0.5) is 11.4 Å². The number of fused-ring (bicyclic) bond motifs is 4. The van der Waals surface area contributed by atoms with E-state index in [0.29, 0.717) is 17.9 Å². The normalized spacial score (nSPS) is 23.3.